The first-order valence-corrected chi connectivity index (χ1v) is 12.4. The summed E-state index contributed by atoms with van der Waals surface area (Å²) in [6.07, 6.45) is 1.99. The molecule has 1 fully saturated rings. The fourth-order valence-electron chi connectivity index (χ4n) is 4.86. The molecular formula is C30H33N3O4. The van der Waals surface area contributed by atoms with E-state index in [2.05, 4.69) is 12.1 Å². The molecule has 7 heteroatoms. The van der Waals surface area contributed by atoms with Gasteiger partial charge in [-0.1, -0.05) is 66.7 Å². The summed E-state index contributed by atoms with van der Waals surface area (Å²) in [4.78, 5) is 27.6. The molecule has 1 aliphatic heterocycles. The first kappa shape index (κ1) is 25.9. The van der Waals surface area contributed by atoms with Gasteiger partial charge in [0, 0.05) is 12.1 Å². The van der Waals surface area contributed by atoms with Gasteiger partial charge in [0.05, 0.1) is 13.2 Å². The number of hydrogen-bond donors (Lipinski definition) is 2. The second-order valence-corrected chi connectivity index (χ2v) is 9.60. The Morgan fingerprint density at radius 3 is 2.24 bits per heavy atom. The zero-order valence-electron chi connectivity index (χ0n) is 21.3. The van der Waals surface area contributed by atoms with Gasteiger partial charge in [0.2, 0.25) is 5.91 Å². The number of benzene rings is 3. The second kappa shape index (κ2) is 11.3. The van der Waals surface area contributed by atoms with Crippen molar-refractivity contribution in [2.45, 2.75) is 32.2 Å². The van der Waals surface area contributed by atoms with Gasteiger partial charge in [-0.2, -0.15) is 0 Å². The fourth-order valence-corrected chi connectivity index (χ4v) is 4.86. The number of hydrogen-bond acceptors (Lipinski definition) is 5. The number of ether oxygens (including phenoxy) is 2. The Bertz CT molecular complexity index is 1240. The number of nitrogens with one attached hydrogen (secondary N) is 1. The molecule has 1 saturated heterocycles. The highest BCUT2D eigenvalue weighted by molar-refractivity contribution is 6.04. The summed E-state index contributed by atoms with van der Waals surface area (Å²) in [5.74, 6) is 0.0177. The van der Waals surface area contributed by atoms with Gasteiger partial charge in [-0.15, -0.1) is 0 Å². The van der Waals surface area contributed by atoms with Gasteiger partial charge in [-0.25, -0.2) is 0 Å². The lowest BCUT2D eigenvalue weighted by Gasteiger charge is -2.25. The van der Waals surface area contributed by atoms with E-state index in [9.17, 15) is 9.59 Å². The van der Waals surface area contributed by atoms with Crippen LogP contribution in [0.25, 0.3) is 11.1 Å². The third kappa shape index (κ3) is 5.82. The highest BCUT2D eigenvalue weighted by Gasteiger charge is 2.54. The molecule has 3 aromatic rings. The first-order chi connectivity index (χ1) is 17.8. The number of methoxy groups -OCH3 is 1. The van der Waals surface area contributed by atoms with Crippen molar-refractivity contribution in [2.75, 3.05) is 20.3 Å². The maximum absolute atomic E-state index is 13.3. The van der Waals surface area contributed by atoms with Gasteiger partial charge >= 0.3 is 5.97 Å². The van der Waals surface area contributed by atoms with Crippen LogP contribution in [0.1, 0.15) is 30.9 Å². The quantitative estimate of drug-likeness (QED) is 0.186. The normalized spacial score (nSPS) is 19.0. The van der Waals surface area contributed by atoms with E-state index in [1.807, 2.05) is 66.7 Å². The Morgan fingerprint density at radius 2 is 1.65 bits per heavy atom. The standard InChI is InChI=1S/C30H33N3O4/c1-30(29(35)36-2)19-25(33(28(30)34)18-6-9-21-7-4-3-5-8-21)20-37-26-16-14-23(15-17-26)22-10-12-24(13-11-22)27(31)32/h3-5,7-8,10-17,25H,6,9,18-20H2,1-2H3,(H3,31,32)/t25-,30-/m0/s1. The number of rotatable bonds is 10. The number of nitrogens with zero attached hydrogens (tertiary/aromatic N) is 1. The van der Waals surface area contributed by atoms with Crippen molar-refractivity contribution in [1.82, 2.24) is 4.90 Å². The highest BCUT2D eigenvalue weighted by Crippen LogP contribution is 2.37. The van der Waals surface area contributed by atoms with E-state index < -0.39 is 11.4 Å². The average Bonchev–Trinajstić information content (AvgIpc) is 3.18. The third-order valence-corrected chi connectivity index (χ3v) is 6.99. The minimum absolute atomic E-state index is 0.0399. The summed E-state index contributed by atoms with van der Waals surface area (Å²) in [6.45, 7) is 2.50. The predicted octanol–water partition coefficient (Wildman–Crippen LogP) is 4.43. The monoisotopic (exact) mass is 499 g/mol. The number of nitrogens with two attached hydrogens (primary N) is 1. The Morgan fingerprint density at radius 1 is 1.03 bits per heavy atom. The molecule has 3 N–H and O–H groups in total. The summed E-state index contributed by atoms with van der Waals surface area (Å²) in [5, 5.41) is 7.53. The number of carbonyl (C=O) groups is 2. The molecule has 0 spiro atoms. The van der Waals surface area contributed by atoms with Gasteiger partial charge in [0.15, 0.2) is 0 Å². The summed E-state index contributed by atoms with van der Waals surface area (Å²) < 4.78 is 11.1. The van der Waals surface area contributed by atoms with Crippen LogP contribution in [0.5, 0.6) is 5.75 Å². The van der Waals surface area contributed by atoms with Crippen LogP contribution < -0.4 is 10.5 Å². The van der Waals surface area contributed by atoms with E-state index in [0.717, 1.165) is 24.0 Å². The van der Waals surface area contributed by atoms with Crippen LogP contribution in [0.3, 0.4) is 0 Å². The molecule has 37 heavy (non-hydrogen) atoms. The third-order valence-electron chi connectivity index (χ3n) is 6.99. The van der Waals surface area contributed by atoms with Crippen molar-refractivity contribution in [2.24, 2.45) is 11.1 Å². The molecule has 2 atom stereocenters. The lowest BCUT2D eigenvalue weighted by atomic mass is 9.87. The minimum atomic E-state index is -1.20. The largest absolute Gasteiger partial charge is 0.491 e. The number of esters is 1. The van der Waals surface area contributed by atoms with Crippen LogP contribution >= 0.6 is 0 Å². The van der Waals surface area contributed by atoms with Crippen molar-refractivity contribution < 1.29 is 19.1 Å². The van der Waals surface area contributed by atoms with Crippen LogP contribution in [0.15, 0.2) is 78.9 Å². The molecule has 0 unspecified atom stereocenters. The van der Waals surface area contributed by atoms with Crippen LogP contribution in [0.4, 0.5) is 0 Å². The van der Waals surface area contributed by atoms with E-state index >= 15 is 0 Å². The van der Waals surface area contributed by atoms with Gasteiger partial charge in [-0.3, -0.25) is 15.0 Å². The summed E-state index contributed by atoms with van der Waals surface area (Å²) in [5.41, 5.74) is 8.26. The Labute approximate surface area is 217 Å². The average molecular weight is 500 g/mol. The first-order valence-electron chi connectivity index (χ1n) is 12.4. The number of aryl methyl sites for hydroxylation is 1. The van der Waals surface area contributed by atoms with Crippen LogP contribution in [-0.4, -0.2) is 48.9 Å². The lowest BCUT2D eigenvalue weighted by molar-refractivity contribution is -0.157. The zero-order chi connectivity index (χ0) is 26.4. The van der Waals surface area contributed by atoms with Crippen molar-refractivity contribution in [1.29, 1.82) is 5.41 Å². The molecule has 0 bridgehead atoms. The Balaban J connectivity index is 1.42. The van der Waals surface area contributed by atoms with Gasteiger partial charge in [0.1, 0.15) is 23.6 Å². The molecule has 1 heterocycles. The summed E-state index contributed by atoms with van der Waals surface area (Å²) >= 11 is 0. The predicted molar refractivity (Wildman–Crippen MR) is 143 cm³/mol. The molecule has 0 aromatic heterocycles. The van der Waals surface area contributed by atoms with E-state index in [-0.39, 0.29) is 24.4 Å². The van der Waals surface area contributed by atoms with Crippen molar-refractivity contribution in [3.05, 3.63) is 90.0 Å². The van der Waals surface area contributed by atoms with Gasteiger partial charge in [-0.05, 0) is 55.0 Å². The highest BCUT2D eigenvalue weighted by atomic mass is 16.5. The zero-order valence-corrected chi connectivity index (χ0v) is 21.3. The summed E-state index contributed by atoms with van der Waals surface area (Å²) in [6, 6.07) is 25.1. The molecular weight excluding hydrogens is 466 g/mol. The number of amides is 1. The van der Waals surface area contributed by atoms with Crippen molar-refractivity contribution >= 4 is 17.7 Å². The van der Waals surface area contributed by atoms with Gasteiger partial charge < -0.3 is 20.1 Å². The Hall–Kier alpha value is -4.13. The van der Waals surface area contributed by atoms with E-state index in [1.54, 1.807) is 11.8 Å². The number of nitrogen functional groups attached to an aromatic ring is 1. The maximum Gasteiger partial charge on any atom is 0.321 e. The SMILES string of the molecule is COC(=O)[C@@]1(C)C[C@@H](COc2ccc(-c3ccc(C(=N)N)cc3)cc2)N(CCCc2ccccc2)C1=O. The van der Waals surface area contributed by atoms with E-state index in [4.69, 9.17) is 20.6 Å². The van der Waals surface area contributed by atoms with Crippen molar-refractivity contribution in [3.8, 4) is 16.9 Å². The minimum Gasteiger partial charge on any atom is -0.491 e. The molecule has 1 amide bonds. The molecule has 0 aliphatic carbocycles. The molecule has 0 saturated carbocycles. The van der Waals surface area contributed by atoms with E-state index in [0.29, 0.717) is 24.3 Å². The number of carbonyl (C=O) groups excluding carboxylic acids is 2. The maximum atomic E-state index is 13.3. The van der Waals surface area contributed by atoms with Crippen LogP contribution in [0, 0.1) is 10.8 Å². The smallest absolute Gasteiger partial charge is 0.321 e. The summed E-state index contributed by atoms with van der Waals surface area (Å²) in [7, 11) is 1.32. The number of likely N-dealkylation sites (tertiary alicyclic amines) is 1. The van der Waals surface area contributed by atoms with Crippen LogP contribution in [0.2, 0.25) is 0 Å². The van der Waals surface area contributed by atoms with Gasteiger partial charge in [0.25, 0.3) is 0 Å². The molecule has 3 aromatic carbocycles. The fraction of sp³-hybridized carbons (Fsp3) is 0.300. The molecule has 192 valence electrons. The topological polar surface area (TPSA) is 106 Å². The molecule has 1 aliphatic rings. The van der Waals surface area contributed by atoms with Crippen LogP contribution in [-0.2, 0) is 20.7 Å². The molecule has 0 radical (unpaired) electrons. The number of amidine groups is 1. The lowest BCUT2D eigenvalue weighted by Crippen LogP contribution is -2.41. The van der Waals surface area contributed by atoms with Crippen molar-refractivity contribution in [3.63, 3.8) is 0 Å². The molecule has 7 nitrogen and oxygen atoms in total. The molecule has 4 rings (SSSR count). The van der Waals surface area contributed by atoms with E-state index in [1.165, 1.54) is 12.7 Å². The second-order valence-electron chi connectivity index (χ2n) is 9.60. The Kier molecular flexibility index (Phi) is 7.92.